The van der Waals surface area contributed by atoms with Gasteiger partial charge in [0.05, 0.1) is 22.0 Å². The lowest BCUT2D eigenvalue weighted by Gasteiger charge is -2.33. The van der Waals surface area contributed by atoms with E-state index < -0.39 is 5.41 Å². The van der Waals surface area contributed by atoms with Gasteiger partial charge in [0.25, 0.3) is 0 Å². The third kappa shape index (κ3) is 4.81. The van der Waals surface area contributed by atoms with Gasteiger partial charge in [-0.05, 0) is 128 Å². The van der Waals surface area contributed by atoms with Crippen molar-refractivity contribution in [3.05, 3.63) is 246 Å². The maximum absolute atomic E-state index is 5.07. The van der Waals surface area contributed by atoms with E-state index in [0.717, 1.165) is 44.7 Å². The summed E-state index contributed by atoms with van der Waals surface area (Å²) in [5, 5.41) is 1.14. The number of fused-ring (bicyclic) bond motifs is 9. The van der Waals surface area contributed by atoms with Gasteiger partial charge in [-0.1, -0.05) is 147 Å². The fourth-order valence-corrected chi connectivity index (χ4v) is 10.7. The van der Waals surface area contributed by atoms with Crippen molar-refractivity contribution in [2.24, 2.45) is 0 Å². The standard InChI is InChI=1S/C57H41N3/c1-56(2)49-25-14-12-23-44(49)46-33-32-43(35-51(46)56)59(40-21-10-5-11-22-40)41-28-30-42(31-29-41)60-53-27-16-34-58-55(53)48-36-52-47(37-54(48)60)45-24-13-15-26-50(45)57(52,38-17-6-3-7-18-38)39-19-8-4-9-20-39/h3-37H,1-2H3. The zero-order chi connectivity index (χ0) is 40.0. The van der Waals surface area contributed by atoms with E-state index in [1.807, 2.05) is 6.20 Å². The summed E-state index contributed by atoms with van der Waals surface area (Å²) in [5.41, 5.74) is 20.1. The molecular weight excluding hydrogens is 727 g/mol. The van der Waals surface area contributed by atoms with E-state index in [1.54, 1.807) is 0 Å². The normalized spacial score (nSPS) is 14.1. The van der Waals surface area contributed by atoms with Crippen LogP contribution >= 0.6 is 0 Å². The molecule has 0 saturated carbocycles. The van der Waals surface area contributed by atoms with Gasteiger partial charge >= 0.3 is 0 Å². The third-order valence-corrected chi connectivity index (χ3v) is 13.3. The molecule has 0 fully saturated rings. The molecule has 0 N–H and O–H groups in total. The quantitative estimate of drug-likeness (QED) is 0.168. The van der Waals surface area contributed by atoms with Crippen LogP contribution in [0.25, 0.3) is 49.9 Å². The van der Waals surface area contributed by atoms with Crippen LogP contribution in [-0.2, 0) is 10.8 Å². The molecule has 2 heterocycles. The molecule has 3 heteroatoms. The van der Waals surface area contributed by atoms with E-state index in [1.165, 1.54) is 55.6 Å². The van der Waals surface area contributed by atoms with E-state index in [0.29, 0.717) is 0 Å². The van der Waals surface area contributed by atoms with Crippen LogP contribution in [0.3, 0.4) is 0 Å². The van der Waals surface area contributed by atoms with Crippen molar-refractivity contribution in [1.82, 2.24) is 9.55 Å². The minimum absolute atomic E-state index is 0.0960. The van der Waals surface area contributed by atoms with Crippen LogP contribution in [0.1, 0.15) is 47.2 Å². The van der Waals surface area contributed by atoms with Crippen molar-refractivity contribution in [3.63, 3.8) is 0 Å². The minimum Gasteiger partial charge on any atom is -0.310 e. The SMILES string of the molecule is CC1(C)c2ccccc2-c2ccc(N(c3ccccc3)c3ccc(-n4c5cc6c(cc5c5ncccc54)C(c4ccccc4)(c4ccccc4)c4ccccc4-6)cc3)cc21. The van der Waals surface area contributed by atoms with Crippen LogP contribution in [0.2, 0.25) is 0 Å². The summed E-state index contributed by atoms with van der Waals surface area (Å²) in [4.78, 5) is 7.46. The average molecular weight is 768 g/mol. The first-order chi connectivity index (χ1) is 29.5. The molecule has 2 aliphatic rings. The van der Waals surface area contributed by atoms with Gasteiger partial charge < -0.3 is 9.47 Å². The molecule has 12 rings (SSSR count). The molecule has 3 nitrogen and oxygen atoms in total. The molecule has 8 aromatic carbocycles. The summed E-state index contributed by atoms with van der Waals surface area (Å²) in [6.45, 7) is 4.70. The van der Waals surface area contributed by atoms with Crippen molar-refractivity contribution in [3.8, 4) is 27.9 Å². The van der Waals surface area contributed by atoms with Crippen LogP contribution in [-0.4, -0.2) is 9.55 Å². The maximum atomic E-state index is 5.07. The lowest BCUT2D eigenvalue weighted by Crippen LogP contribution is -2.28. The van der Waals surface area contributed by atoms with Crippen molar-refractivity contribution >= 4 is 39.0 Å². The van der Waals surface area contributed by atoms with E-state index in [9.17, 15) is 0 Å². The van der Waals surface area contributed by atoms with E-state index >= 15 is 0 Å². The third-order valence-electron chi connectivity index (χ3n) is 13.3. The van der Waals surface area contributed by atoms with Gasteiger partial charge in [-0.2, -0.15) is 0 Å². The van der Waals surface area contributed by atoms with Gasteiger partial charge in [-0.3, -0.25) is 4.98 Å². The highest BCUT2D eigenvalue weighted by atomic mass is 15.1. The molecule has 2 aromatic heterocycles. The largest absolute Gasteiger partial charge is 0.310 e. The van der Waals surface area contributed by atoms with Gasteiger partial charge in [0.1, 0.15) is 0 Å². The molecule has 60 heavy (non-hydrogen) atoms. The Morgan fingerprint density at radius 3 is 1.68 bits per heavy atom. The Kier molecular flexibility index (Phi) is 7.49. The first kappa shape index (κ1) is 34.5. The fourth-order valence-electron chi connectivity index (χ4n) is 10.7. The van der Waals surface area contributed by atoms with Crippen molar-refractivity contribution in [1.29, 1.82) is 0 Å². The maximum Gasteiger partial charge on any atom is 0.0963 e. The monoisotopic (exact) mass is 767 g/mol. The number of hydrogen-bond acceptors (Lipinski definition) is 2. The number of aromatic nitrogens is 2. The Morgan fingerprint density at radius 1 is 0.417 bits per heavy atom. The molecule has 0 radical (unpaired) electrons. The average Bonchev–Trinajstić information content (AvgIpc) is 3.87. The smallest absolute Gasteiger partial charge is 0.0963 e. The van der Waals surface area contributed by atoms with Gasteiger partial charge in [0, 0.05) is 39.7 Å². The number of benzene rings is 8. The molecule has 0 atom stereocenters. The van der Waals surface area contributed by atoms with Gasteiger partial charge in [0.15, 0.2) is 0 Å². The zero-order valence-electron chi connectivity index (χ0n) is 33.5. The van der Waals surface area contributed by atoms with E-state index in [2.05, 4.69) is 230 Å². The number of para-hydroxylation sites is 1. The highest BCUT2D eigenvalue weighted by Crippen LogP contribution is 2.57. The molecule has 10 aromatic rings. The number of rotatable bonds is 6. The fraction of sp³-hybridized carbons (Fsp3) is 0.0702. The summed E-state index contributed by atoms with van der Waals surface area (Å²) in [6, 6.07) is 75.8. The van der Waals surface area contributed by atoms with Crippen LogP contribution in [0.15, 0.2) is 212 Å². The van der Waals surface area contributed by atoms with Crippen molar-refractivity contribution in [2.75, 3.05) is 4.90 Å². The van der Waals surface area contributed by atoms with E-state index in [4.69, 9.17) is 4.98 Å². The molecule has 0 aliphatic heterocycles. The second-order valence-corrected chi connectivity index (χ2v) is 16.7. The van der Waals surface area contributed by atoms with Gasteiger partial charge in [-0.15, -0.1) is 0 Å². The molecule has 0 bridgehead atoms. The molecule has 284 valence electrons. The number of anilines is 3. The predicted octanol–water partition coefficient (Wildman–Crippen LogP) is 14.3. The Balaban J connectivity index is 1.04. The summed E-state index contributed by atoms with van der Waals surface area (Å²) in [7, 11) is 0. The minimum atomic E-state index is -0.482. The summed E-state index contributed by atoms with van der Waals surface area (Å²) < 4.78 is 2.40. The molecule has 2 aliphatic carbocycles. The number of pyridine rings is 1. The van der Waals surface area contributed by atoms with Crippen LogP contribution in [0.4, 0.5) is 17.1 Å². The first-order valence-corrected chi connectivity index (χ1v) is 20.9. The molecule has 0 spiro atoms. The number of hydrogen-bond donors (Lipinski definition) is 0. The number of nitrogens with zero attached hydrogens (tertiary/aromatic N) is 3. The summed E-state index contributed by atoms with van der Waals surface area (Å²) >= 11 is 0. The Hall–Kier alpha value is -7.49. The van der Waals surface area contributed by atoms with Crippen molar-refractivity contribution < 1.29 is 0 Å². The summed E-state index contributed by atoms with van der Waals surface area (Å²) in [6.07, 6.45) is 1.92. The van der Waals surface area contributed by atoms with Gasteiger partial charge in [-0.25, -0.2) is 0 Å². The van der Waals surface area contributed by atoms with E-state index in [-0.39, 0.29) is 5.41 Å². The molecular formula is C57H41N3. The highest BCUT2D eigenvalue weighted by Gasteiger charge is 2.46. The molecule has 0 amide bonds. The Bertz CT molecular complexity index is 3230. The first-order valence-electron chi connectivity index (χ1n) is 20.9. The topological polar surface area (TPSA) is 21.1 Å². The second-order valence-electron chi connectivity index (χ2n) is 16.7. The molecule has 0 unspecified atom stereocenters. The highest BCUT2D eigenvalue weighted by molar-refractivity contribution is 6.10. The second kappa shape index (κ2) is 13.0. The zero-order valence-corrected chi connectivity index (χ0v) is 33.5. The lowest BCUT2D eigenvalue weighted by atomic mass is 9.67. The lowest BCUT2D eigenvalue weighted by molar-refractivity contribution is 0.660. The molecule has 0 saturated heterocycles. The van der Waals surface area contributed by atoms with Gasteiger partial charge in [0.2, 0.25) is 0 Å². The van der Waals surface area contributed by atoms with Crippen molar-refractivity contribution in [2.45, 2.75) is 24.7 Å². The summed E-state index contributed by atoms with van der Waals surface area (Å²) in [5.74, 6) is 0. The predicted molar refractivity (Wildman–Crippen MR) is 248 cm³/mol. The van der Waals surface area contributed by atoms with Crippen LogP contribution in [0.5, 0.6) is 0 Å². The van der Waals surface area contributed by atoms with Crippen LogP contribution < -0.4 is 4.90 Å². The Labute approximate surface area is 350 Å². The Morgan fingerprint density at radius 2 is 0.983 bits per heavy atom. The van der Waals surface area contributed by atoms with Crippen LogP contribution in [0, 0.1) is 0 Å².